The van der Waals surface area contributed by atoms with E-state index in [9.17, 15) is 14.7 Å². The Morgan fingerprint density at radius 1 is 1.25 bits per heavy atom. The van der Waals surface area contributed by atoms with Crippen LogP contribution in [-0.4, -0.2) is 44.5 Å². The Bertz CT molecular complexity index is 782. The van der Waals surface area contributed by atoms with Gasteiger partial charge in [-0.3, -0.25) is 14.6 Å². The second-order valence-corrected chi connectivity index (χ2v) is 6.36. The lowest BCUT2D eigenvalue weighted by molar-refractivity contribution is -0.141. The second kappa shape index (κ2) is 6.11. The van der Waals surface area contributed by atoms with Crippen LogP contribution in [0.2, 0.25) is 0 Å². The zero-order valence-electron chi connectivity index (χ0n) is 14.1. The Balaban J connectivity index is 1.89. The van der Waals surface area contributed by atoms with Crippen LogP contribution in [0, 0.1) is 19.8 Å². The number of rotatable bonds is 3. The van der Waals surface area contributed by atoms with Gasteiger partial charge in [0.1, 0.15) is 0 Å². The lowest BCUT2D eigenvalue weighted by Crippen LogP contribution is -2.30. The molecule has 6 heteroatoms. The number of carboxylic acid groups (broad SMARTS) is 1. The van der Waals surface area contributed by atoms with Crippen LogP contribution in [0.25, 0.3) is 0 Å². The first-order chi connectivity index (χ1) is 11.4. The van der Waals surface area contributed by atoms with E-state index in [2.05, 4.69) is 4.98 Å². The zero-order chi connectivity index (χ0) is 17.4. The monoisotopic (exact) mass is 327 g/mol. The molecule has 0 radical (unpaired) electrons. The Morgan fingerprint density at radius 2 is 2.00 bits per heavy atom. The number of likely N-dealkylation sites (tertiary alicyclic amines) is 1. The molecule has 2 atom stereocenters. The van der Waals surface area contributed by atoms with Gasteiger partial charge in [0.05, 0.1) is 11.5 Å². The number of amides is 1. The topological polar surface area (TPSA) is 75.4 Å². The summed E-state index contributed by atoms with van der Waals surface area (Å²) in [5.74, 6) is -1.91. The lowest BCUT2D eigenvalue weighted by Gasteiger charge is -2.16. The summed E-state index contributed by atoms with van der Waals surface area (Å²) >= 11 is 0. The highest BCUT2D eigenvalue weighted by atomic mass is 16.4. The van der Waals surface area contributed by atoms with E-state index in [1.165, 1.54) is 0 Å². The first kappa shape index (κ1) is 16.2. The maximum absolute atomic E-state index is 12.9. The predicted octanol–water partition coefficient (Wildman–Crippen LogP) is 1.98. The van der Waals surface area contributed by atoms with Crippen molar-refractivity contribution in [2.75, 3.05) is 13.1 Å². The number of nitrogens with zero attached hydrogens (tertiary/aromatic N) is 3. The average Bonchev–Trinajstić information content (AvgIpc) is 3.13. The van der Waals surface area contributed by atoms with Crippen molar-refractivity contribution < 1.29 is 14.7 Å². The minimum absolute atomic E-state index is 0.110. The van der Waals surface area contributed by atoms with Crippen molar-refractivity contribution >= 4 is 11.9 Å². The number of aromatic nitrogens is 2. The van der Waals surface area contributed by atoms with Gasteiger partial charge < -0.3 is 14.6 Å². The quantitative estimate of drug-likeness (QED) is 0.935. The second-order valence-electron chi connectivity index (χ2n) is 6.36. The Hall–Kier alpha value is -2.63. The largest absolute Gasteiger partial charge is 0.481 e. The van der Waals surface area contributed by atoms with E-state index in [0.29, 0.717) is 12.1 Å². The molecule has 0 bridgehead atoms. The fourth-order valence-corrected chi connectivity index (χ4v) is 3.36. The molecule has 126 valence electrons. The van der Waals surface area contributed by atoms with Gasteiger partial charge in [-0.25, -0.2) is 0 Å². The number of aryl methyl sites for hydroxylation is 1. The van der Waals surface area contributed by atoms with Crippen LogP contribution in [-0.2, 0) is 11.8 Å². The van der Waals surface area contributed by atoms with E-state index in [0.717, 1.165) is 17.1 Å². The normalized spacial score (nSPS) is 20.4. The van der Waals surface area contributed by atoms with Crippen LogP contribution < -0.4 is 0 Å². The molecule has 0 aromatic carbocycles. The molecule has 1 fully saturated rings. The molecule has 1 aliphatic heterocycles. The van der Waals surface area contributed by atoms with Gasteiger partial charge >= 0.3 is 5.97 Å². The lowest BCUT2D eigenvalue weighted by atomic mass is 9.93. The molecule has 0 spiro atoms. The van der Waals surface area contributed by atoms with Crippen LogP contribution in [0.5, 0.6) is 0 Å². The molecule has 1 N–H and O–H groups in total. The van der Waals surface area contributed by atoms with Crippen molar-refractivity contribution in [2.24, 2.45) is 13.0 Å². The minimum Gasteiger partial charge on any atom is -0.481 e. The van der Waals surface area contributed by atoms with Crippen LogP contribution in [0.1, 0.15) is 33.4 Å². The molecule has 3 rings (SSSR count). The van der Waals surface area contributed by atoms with Crippen molar-refractivity contribution in [2.45, 2.75) is 19.8 Å². The van der Waals surface area contributed by atoms with Gasteiger partial charge in [0, 0.05) is 49.3 Å². The maximum Gasteiger partial charge on any atom is 0.309 e. The van der Waals surface area contributed by atoms with Crippen molar-refractivity contribution in [1.29, 1.82) is 0 Å². The first-order valence-electron chi connectivity index (χ1n) is 7.96. The highest BCUT2D eigenvalue weighted by Gasteiger charge is 2.41. The van der Waals surface area contributed by atoms with Gasteiger partial charge in [-0.1, -0.05) is 6.07 Å². The summed E-state index contributed by atoms with van der Waals surface area (Å²) in [6.45, 7) is 4.44. The molecule has 1 amide bonds. The number of carbonyl (C=O) groups excluding carboxylic acids is 1. The third-order valence-corrected chi connectivity index (χ3v) is 5.00. The van der Waals surface area contributed by atoms with E-state index in [1.54, 1.807) is 17.2 Å². The highest BCUT2D eigenvalue weighted by Crippen LogP contribution is 2.33. The van der Waals surface area contributed by atoms with Crippen LogP contribution in [0.3, 0.4) is 0 Å². The number of carbonyl (C=O) groups is 2. The number of aliphatic carboxylic acids is 1. The Labute approximate surface area is 140 Å². The maximum atomic E-state index is 12.9. The molecule has 0 unspecified atom stereocenters. The van der Waals surface area contributed by atoms with Gasteiger partial charge in [-0.05, 0) is 32.0 Å². The molecule has 0 aliphatic carbocycles. The molecule has 6 nitrogen and oxygen atoms in total. The number of hydrogen-bond acceptors (Lipinski definition) is 3. The van der Waals surface area contributed by atoms with Crippen LogP contribution in [0.4, 0.5) is 0 Å². The molecule has 3 heterocycles. The molecule has 1 saturated heterocycles. The molecule has 24 heavy (non-hydrogen) atoms. The summed E-state index contributed by atoms with van der Waals surface area (Å²) < 4.78 is 1.97. The highest BCUT2D eigenvalue weighted by molar-refractivity contribution is 5.96. The number of pyridine rings is 1. The molecular weight excluding hydrogens is 306 g/mol. The third-order valence-electron chi connectivity index (χ3n) is 5.00. The Kier molecular flexibility index (Phi) is 4.13. The van der Waals surface area contributed by atoms with E-state index >= 15 is 0 Å². The SMILES string of the molecule is Cc1cc(C(=O)N2C[C@@H](C(=O)O)[C@H](c3ccccn3)C2)c(C)n1C. The molecule has 1 aliphatic rings. The van der Waals surface area contributed by atoms with E-state index in [-0.39, 0.29) is 18.4 Å². The van der Waals surface area contributed by atoms with Gasteiger partial charge in [0.25, 0.3) is 5.91 Å². The number of hydrogen-bond donors (Lipinski definition) is 1. The molecule has 2 aromatic heterocycles. The van der Waals surface area contributed by atoms with E-state index in [4.69, 9.17) is 0 Å². The van der Waals surface area contributed by atoms with Crippen molar-refractivity contribution in [3.63, 3.8) is 0 Å². The third kappa shape index (κ3) is 2.68. The molecule has 0 saturated carbocycles. The van der Waals surface area contributed by atoms with E-state index < -0.39 is 11.9 Å². The van der Waals surface area contributed by atoms with Gasteiger partial charge in [-0.2, -0.15) is 0 Å². The Morgan fingerprint density at radius 3 is 2.54 bits per heavy atom. The predicted molar refractivity (Wildman–Crippen MR) is 88.9 cm³/mol. The average molecular weight is 327 g/mol. The van der Waals surface area contributed by atoms with Gasteiger partial charge in [0.2, 0.25) is 0 Å². The summed E-state index contributed by atoms with van der Waals surface area (Å²) in [5.41, 5.74) is 3.26. The fraction of sp³-hybridized carbons (Fsp3) is 0.389. The van der Waals surface area contributed by atoms with Gasteiger partial charge in [-0.15, -0.1) is 0 Å². The summed E-state index contributed by atoms with van der Waals surface area (Å²) in [7, 11) is 1.92. The smallest absolute Gasteiger partial charge is 0.309 e. The fourth-order valence-electron chi connectivity index (χ4n) is 3.36. The molecule has 2 aromatic rings. The summed E-state index contributed by atoms with van der Waals surface area (Å²) in [6.07, 6.45) is 1.66. The minimum atomic E-state index is -0.887. The van der Waals surface area contributed by atoms with Crippen LogP contribution >= 0.6 is 0 Å². The van der Waals surface area contributed by atoms with Crippen molar-refractivity contribution in [3.05, 3.63) is 53.1 Å². The summed E-state index contributed by atoms with van der Waals surface area (Å²) in [6, 6.07) is 7.33. The zero-order valence-corrected chi connectivity index (χ0v) is 14.1. The van der Waals surface area contributed by atoms with Crippen molar-refractivity contribution in [1.82, 2.24) is 14.5 Å². The van der Waals surface area contributed by atoms with Crippen LogP contribution in [0.15, 0.2) is 30.5 Å². The van der Waals surface area contributed by atoms with E-state index in [1.807, 2.05) is 43.7 Å². The standard InChI is InChI=1S/C18H21N3O3/c1-11-8-13(12(2)20(11)3)17(22)21-9-14(15(10-21)18(23)24)16-6-4-5-7-19-16/h4-8,14-15H,9-10H2,1-3H3,(H,23,24)/t14-,15-/m1/s1. The number of carboxylic acids is 1. The van der Waals surface area contributed by atoms with Gasteiger partial charge in [0.15, 0.2) is 0 Å². The summed E-state index contributed by atoms with van der Waals surface area (Å²) in [5, 5.41) is 9.55. The van der Waals surface area contributed by atoms with Crippen molar-refractivity contribution in [3.8, 4) is 0 Å². The summed E-state index contributed by atoms with van der Waals surface area (Å²) in [4.78, 5) is 30.5. The first-order valence-corrected chi connectivity index (χ1v) is 7.96. The molecular formula is C18H21N3O3.